The minimum absolute atomic E-state index is 0.152. The van der Waals surface area contributed by atoms with E-state index in [4.69, 9.17) is 14.5 Å². The van der Waals surface area contributed by atoms with Gasteiger partial charge < -0.3 is 14.4 Å². The first-order valence-corrected chi connectivity index (χ1v) is 10.4. The van der Waals surface area contributed by atoms with Gasteiger partial charge in [-0.3, -0.25) is 4.79 Å². The maximum atomic E-state index is 13.4. The molecule has 0 fully saturated rings. The van der Waals surface area contributed by atoms with Crippen LogP contribution in [0.5, 0.6) is 11.5 Å². The highest BCUT2D eigenvalue weighted by Crippen LogP contribution is 2.23. The number of nitrogens with zero attached hydrogens (tertiary/aromatic N) is 2. The molecule has 0 aromatic heterocycles. The molecule has 0 N–H and O–H groups in total. The van der Waals surface area contributed by atoms with E-state index in [0.29, 0.717) is 17.0 Å². The number of ketones is 1. The Hall–Kier alpha value is -3.60. The van der Waals surface area contributed by atoms with E-state index in [9.17, 15) is 4.79 Å². The van der Waals surface area contributed by atoms with Crippen LogP contribution in [-0.2, 0) is 0 Å². The van der Waals surface area contributed by atoms with E-state index in [1.165, 1.54) is 0 Å². The van der Waals surface area contributed by atoms with Crippen LogP contribution in [0.15, 0.2) is 77.8 Å². The number of carbonyl (C=O) groups excluding carboxylic acids is 1. The van der Waals surface area contributed by atoms with Gasteiger partial charge in [0.15, 0.2) is 0 Å². The molecule has 5 heteroatoms. The molecule has 3 aromatic carbocycles. The zero-order valence-corrected chi connectivity index (χ0v) is 18.5. The molecule has 0 spiro atoms. The van der Waals surface area contributed by atoms with Crippen LogP contribution in [0.25, 0.3) is 0 Å². The Bertz CT molecular complexity index is 1020. The van der Waals surface area contributed by atoms with Crippen LogP contribution in [0.1, 0.15) is 29.8 Å². The number of anilines is 1. The summed E-state index contributed by atoms with van der Waals surface area (Å²) in [6.07, 6.45) is 0. The van der Waals surface area contributed by atoms with Gasteiger partial charge in [0.25, 0.3) is 0 Å². The van der Waals surface area contributed by atoms with Crippen molar-refractivity contribution in [2.75, 3.05) is 32.2 Å². The fourth-order valence-corrected chi connectivity index (χ4v) is 3.33. The Morgan fingerprint density at radius 3 is 1.68 bits per heavy atom. The van der Waals surface area contributed by atoms with Crippen LogP contribution in [0.4, 0.5) is 11.4 Å². The quantitative estimate of drug-likeness (QED) is 0.339. The lowest BCUT2D eigenvalue weighted by molar-refractivity contribution is 0.106. The highest BCUT2D eigenvalue weighted by Gasteiger charge is 2.17. The molecule has 0 aliphatic heterocycles. The first-order valence-electron chi connectivity index (χ1n) is 10.4. The summed E-state index contributed by atoms with van der Waals surface area (Å²) in [6.45, 7) is 6.13. The lowest BCUT2D eigenvalue weighted by atomic mass is 10.00. The van der Waals surface area contributed by atoms with Gasteiger partial charge in [0, 0.05) is 29.9 Å². The summed E-state index contributed by atoms with van der Waals surface area (Å²) < 4.78 is 10.5. The first-order chi connectivity index (χ1) is 15.1. The van der Waals surface area contributed by atoms with Crippen molar-refractivity contribution in [1.29, 1.82) is 0 Å². The molecule has 0 bridgehead atoms. The van der Waals surface area contributed by atoms with Gasteiger partial charge in [-0.2, -0.15) is 0 Å². The number of carbonyl (C=O) groups is 1. The second-order valence-electron chi connectivity index (χ2n) is 6.94. The van der Waals surface area contributed by atoms with Gasteiger partial charge in [-0.15, -0.1) is 0 Å². The molecule has 0 unspecified atom stereocenters. The van der Waals surface area contributed by atoms with Crippen molar-refractivity contribution in [2.24, 2.45) is 4.99 Å². The molecule has 0 heterocycles. The lowest BCUT2D eigenvalue weighted by Crippen LogP contribution is -2.21. The van der Waals surface area contributed by atoms with E-state index in [-0.39, 0.29) is 5.78 Å². The van der Waals surface area contributed by atoms with Gasteiger partial charge in [-0.25, -0.2) is 4.99 Å². The van der Waals surface area contributed by atoms with Gasteiger partial charge in [-0.05, 0) is 86.6 Å². The normalized spacial score (nSPS) is 11.2. The summed E-state index contributed by atoms with van der Waals surface area (Å²) >= 11 is 0. The number of Topliss-reactive ketones (excluding diaryl/α,β-unsaturated/α-hetero) is 1. The van der Waals surface area contributed by atoms with Crippen molar-refractivity contribution in [3.05, 3.63) is 83.9 Å². The molecule has 0 amide bonds. The lowest BCUT2D eigenvalue weighted by Gasteiger charge is -2.20. The van der Waals surface area contributed by atoms with Crippen LogP contribution in [0.3, 0.4) is 0 Å². The van der Waals surface area contributed by atoms with E-state index >= 15 is 0 Å². The number of methoxy groups -OCH3 is 2. The molecular formula is C26H28N2O3. The third-order valence-electron chi connectivity index (χ3n) is 5.15. The standard InChI is InChI=1S/C26H28N2O3/c1-5-28(6-2)22-13-11-21(12-14-22)27-25(19-7-15-23(30-3)16-8-19)26(29)20-9-17-24(31-4)18-10-20/h7-18H,5-6H2,1-4H3. The molecule has 3 rings (SSSR count). The Balaban J connectivity index is 2.00. The summed E-state index contributed by atoms with van der Waals surface area (Å²) in [7, 11) is 3.22. The predicted octanol–water partition coefficient (Wildman–Crippen LogP) is 5.55. The maximum absolute atomic E-state index is 13.4. The number of hydrogen-bond donors (Lipinski definition) is 0. The number of ether oxygens (including phenoxy) is 2. The van der Waals surface area contributed by atoms with Gasteiger partial charge in [0.2, 0.25) is 5.78 Å². The fraction of sp³-hybridized carbons (Fsp3) is 0.231. The minimum atomic E-state index is -0.152. The molecule has 0 saturated heterocycles. The van der Waals surface area contributed by atoms with Crippen LogP contribution in [-0.4, -0.2) is 38.8 Å². The van der Waals surface area contributed by atoms with E-state index < -0.39 is 0 Å². The summed E-state index contributed by atoms with van der Waals surface area (Å²) in [5, 5.41) is 0. The van der Waals surface area contributed by atoms with Gasteiger partial charge in [0.05, 0.1) is 19.9 Å². The third kappa shape index (κ3) is 5.31. The average molecular weight is 417 g/mol. The molecule has 5 nitrogen and oxygen atoms in total. The number of benzene rings is 3. The third-order valence-corrected chi connectivity index (χ3v) is 5.15. The fourth-order valence-electron chi connectivity index (χ4n) is 3.33. The van der Waals surface area contributed by atoms with Crippen molar-refractivity contribution in [3.8, 4) is 11.5 Å². The zero-order valence-electron chi connectivity index (χ0n) is 18.5. The smallest absolute Gasteiger partial charge is 0.211 e. The molecule has 0 aliphatic carbocycles. The van der Waals surface area contributed by atoms with Crippen LogP contribution in [0, 0.1) is 0 Å². The topological polar surface area (TPSA) is 51.1 Å². The molecule has 0 radical (unpaired) electrons. The average Bonchev–Trinajstić information content (AvgIpc) is 2.84. The largest absolute Gasteiger partial charge is 0.497 e. The van der Waals surface area contributed by atoms with Crippen molar-refractivity contribution in [2.45, 2.75) is 13.8 Å². The second-order valence-corrected chi connectivity index (χ2v) is 6.94. The Morgan fingerprint density at radius 2 is 1.23 bits per heavy atom. The molecule has 3 aromatic rings. The summed E-state index contributed by atoms with van der Waals surface area (Å²) in [6, 6.07) is 22.4. The van der Waals surface area contributed by atoms with Crippen molar-refractivity contribution in [1.82, 2.24) is 0 Å². The Labute approximate surface area is 184 Å². The zero-order chi connectivity index (χ0) is 22.2. The van der Waals surface area contributed by atoms with E-state index in [0.717, 1.165) is 35.8 Å². The van der Waals surface area contributed by atoms with Crippen LogP contribution < -0.4 is 14.4 Å². The highest BCUT2D eigenvalue weighted by atomic mass is 16.5. The molecule has 0 atom stereocenters. The SMILES string of the molecule is CCN(CC)c1ccc(N=C(C(=O)c2ccc(OC)cc2)c2ccc(OC)cc2)cc1. The van der Waals surface area contributed by atoms with E-state index in [1.807, 2.05) is 48.5 Å². The number of rotatable bonds is 9. The van der Waals surface area contributed by atoms with E-state index in [1.54, 1.807) is 38.5 Å². The monoisotopic (exact) mass is 416 g/mol. The Kier molecular flexibility index (Phi) is 7.44. The number of aliphatic imine (C=N–C) groups is 1. The molecule has 160 valence electrons. The molecule has 0 aliphatic rings. The van der Waals surface area contributed by atoms with Crippen molar-refractivity contribution >= 4 is 22.9 Å². The highest BCUT2D eigenvalue weighted by molar-refractivity contribution is 6.51. The Morgan fingerprint density at radius 1 is 0.742 bits per heavy atom. The van der Waals surface area contributed by atoms with Gasteiger partial charge in [0.1, 0.15) is 17.2 Å². The summed E-state index contributed by atoms with van der Waals surface area (Å²) in [5.41, 5.74) is 3.52. The van der Waals surface area contributed by atoms with Crippen molar-refractivity contribution < 1.29 is 14.3 Å². The predicted molar refractivity (Wildman–Crippen MR) is 127 cm³/mol. The summed E-state index contributed by atoms with van der Waals surface area (Å²) in [5.74, 6) is 1.27. The molecule has 0 saturated carbocycles. The maximum Gasteiger partial charge on any atom is 0.211 e. The molecular weight excluding hydrogens is 388 g/mol. The van der Waals surface area contributed by atoms with Crippen molar-refractivity contribution in [3.63, 3.8) is 0 Å². The molecule has 31 heavy (non-hydrogen) atoms. The van der Waals surface area contributed by atoms with Crippen LogP contribution >= 0.6 is 0 Å². The minimum Gasteiger partial charge on any atom is -0.497 e. The summed E-state index contributed by atoms with van der Waals surface area (Å²) in [4.78, 5) is 20.4. The number of hydrogen-bond acceptors (Lipinski definition) is 5. The van der Waals surface area contributed by atoms with Gasteiger partial charge >= 0.3 is 0 Å². The van der Waals surface area contributed by atoms with Gasteiger partial charge in [-0.1, -0.05) is 0 Å². The van der Waals surface area contributed by atoms with E-state index in [2.05, 4.69) is 18.7 Å². The van der Waals surface area contributed by atoms with Crippen LogP contribution in [0.2, 0.25) is 0 Å². The first kappa shape index (κ1) is 22.1. The second kappa shape index (κ2) is 10.4.